The zero-order valence-corrected chi connectivity index (χ0v) is 5.51. The highest BCUT2D eigenvalue weighted by Gasteiger charge is 2.08. The summed E-state index contributed by atoms with van der Waals surface area (Å²) in [5.74, 6) is 0. The van der Waals surface area contributed by atoms with Crippen molar-refractivity contribution in [2.24, 2.45) is 5.10 Å². The fraction of sp³-hybridized carbons (Fsp3) is 0.800. The third-order valence-corrected chi connectivity index (χ3v) is 0.702. The molecule has 0 saturated heterocycles. The number of hydrogen-bond acceptors (Lipinski definition) is 3. The molecule has 0 amide bonds. The van der Waals surface area contributed by atoms with E-state index < -0.39 is 5.54 Å². The van der Waals surface area contributed by atoms with E-state index in [0.717, 1.165) is 0 Å². The first-order valence-electron chi connectivity index (χ1n) is 2.42. The molecule has 0 heterocycles. The minimum Gasteiger partial charge on any atom is -0.741 e. The van der Waals surface area contributed by atoms with E-state index >= 15 is 0 Å². The van der Waals surface area contributed by atoms with Crippen LogP contribution in [0.4, 0.5) is 0 Å². The molecule has 0 aliphatic carbocycles. The predicted octanol–water partition coefficient (Wildman–Crippen LogP) is 1.20. The van der Waals surface area contributed by atoms with Crippen LogP contribution in [0.15, 0.2) is 5.10 Å². The van der Waals surface area contributed by atoms with Gasteiger partial charge in [0.1, 0.15) is 0 Å². The van der Waals surface area contributed by atoms with Gasteiger partial charge >= 0.3 is 0 Å². The number of rotatable bonds is 1. The van der Waals surface area contributed by atoms with E-state index in [4.69, 9.17) is 0 Å². The average molecular weight is 115 g/mol. The predicted molar refractivity (Wildman–Crippen MR) is 34.5 cm³/mol. The van der Waals surface area contributed by atoms with Crippen LogP contribution in [0, 0.1) is 5.21 Å². The lowest BCUT2D eigenvalue weighted by molar-refractivity contribution is 0.217. The summed E-state index contributed by atoms with van der Waals surface area (Å²) in [6.45, 7) is 8.41. The summed E-state index contributed by atoms with van der Waals surface area (Å²) in [5.41, 5.74) is -0.443. The van der Waals surface area contributed by atoms with Crippen molar-refractivity contribution in [2.45, 2.75) is 26.3 Å². The summed E-state index contributed by atoms with van der Waals surface area (Å²) in [7, 11) is 0. The highest BCUT2D eigenvalue weighted by Crippen LogP contribution is 2.09. The van der Waals surface area contributed by atoms with Gasteiger partial charge in [0.25, 0.3) is 0 Å². The molecule has 0 rings (SSSR count). The maximum atomic E-state index is 10.5. The van der Waals surface area contributed by atoms with Crippen molar-refractivity contribution in [1.82, 2.24) is 5.17 Å². The molecule has 0 spiro atoms. The molecule has 0 N–H and O–H groups in total. The van der Waals surface area contributed by atoms with Crippen LogP contribution in [0.3, 0.4) is 0 Å². The zero-order chi connectivity index (χ0) is 6.78. The Morgan fingerprint density at radius 2 is 1.88 bits per heavy atom. The minimum atomic E-state index is -0.443. The fourth-order valence-corrected chi connectivity index (χ4v) is 0.212. The van der Waals surface area contributed by atoms with Crippen molar-refractivity contribution in [3.05, 3.63) is 5.21 Å². The van der Waals surface area contributed by atoms with E-state index in [9.17, 15) is 5.21 Å². The molecule has 3 nitrogen and oxygen atoms in total. The van der Waals surface area contributed by atoms with Gasteiger partial charge in [-0.25, -0.2) is 5.10 Å². The van der Waals surface area contributed by atoms with Gasteiger partial charge in [-0.2, -0.15) is 0 Å². The molecule has 0 unspecified atom stereocenters. The number of hydrazone groups is 1. The van der Waals surface area contributed by atoms with Crippen LogP contribution in [0.2, 0.25) is 0 Å². The second kappa shape index (κ2) is 2.13. The van der Waals surface area contributed by atoms with Crippen molar-refractivity contribution in [3.63, 3.8) is 0 Å². The summed E-state index contributed by atoms with van der Waals surface area (Å²) >= 11 is 0. The molecule has 0 aromatic carbocycles. The third kappa shape index (κ3) is 1.93. The Bertz CT molecular complexity index is 84.9. The van der Waals surface area contributed by atoms with Gasteiger partial charge in [-0.15, -0.1) is 0 Å². The van der Waals surface area contributed by atoms with Crippen molar-refractivity contribution in [1.29, 1.82) is 0 Å². The fourth-order valence-electron chi connectivity index (χ4n) is 0.212. The number of hydrogen-bond donors (Lipinski definition) is 0. The largest absolute Gasteiger partial charge is 0.741 e. The average Bonchev–Trinajstić information content (AvgIpc) is 1.62. The molecule has 0 bridgehead atoms. The molecule has 0 saturated carbocycles. The Hall–Kier alpha value is -0.570. The summed E-state index contributed by atoms with van der Waals surface area (Å²) in [4.78, 5) is 0. The summed E-state index contributed by atoms with van der Waals surface area (Å²) in [6, 6.07) is 0. The maximum absolute atomic E-state index is 10.5. The van der Waals surface area contributed by atoms with Gasteiger partial charge in [0.2, 0.25) is 0 Å². The van der Waals surface area contributed by atoms with E-state index in [0.29, 0.717) is 5.17 Å². The highest BCUT2D eigenvalue weighted by atomic mass is 16.5. The molecular formula is C5H11N2O-. The molecule has 0 fully saturated rings. The van der Waals surface area contributed by atoms with E-state index in [2.05, 4.69) is 11.8 Å². The summed E-state index contributed by atoms with van der Waals surface area (Å²) in [5, 5.41) is 14.3. The molecule has 0 radical (unpaired) electrons. The SMILES string of the molecule is C=NN([O-])C(C)(C)C. The van der Waals surface area contributed by atoms with Gasteiger partial charge in [-0.3, -0.25) is 0 Å². The highest BCUT2D eigenvalue weighted by molar-refractivity contribution is 5.22. The van der Waals surface area contributed by atoms with Crippen LogP contribution in [-0.4, -0.2) is 17.4 Å². The lowest BCUT2D eigenvalue weighted by atomic mass is 10.1. The molecule has 48 valence electrons. The molecular weight excluding hydrogens is 104 g/mol. The van der Waals surface area contributed by atoms with Gasteiger partial charge in [0, 0.05) is 12.3 Å². The van der Waals surface area contributed by atoms with E-state index in [1.54, 1.807) is 20.8 Å². The van der Waals surface area contributed by atoms with Gasteiger partial charge in [-0.1, -0.05) is 0 Å². The van der Waals surface area contributed by atoms with Gasteiger partial charge in [-0.05, 0) is 20.8 Å². The Labute approximate surface area is 49.6 Å². The van der Waals surface area contributed by atoms with Crippen molar-refractivity contribution < 1.29 is 0 Å². The summed E-state index contributed by atoms with van der Waals surface area (Å²) in [6.07, 6.45) is 0. The Kier molecular flexibility index (Phi) is 1.98. The van der Waals surface area contributed by atoms with Crippen molar-refractivity contribution in [3.8, 4) is 0 Å². The van der Waals surface area contributed by atoms with Crippen LogP contribution in [0.1, 0.15) is 20.8 Å². The van der Waals surface area contributed by atoms with Crippen molar-refractivity contribution in [2.75, 3.05) is 0 Å². The first-order valence-corrected chi connectivity index (χ1v) is 2.42. The monoisotopic (exact) mass is 115 g/mol. The minimum absolute atomic E-state index is 0.443. The molecule has 0 aromatic rings. The molecule has 0 aliphatic rings. The molecule has 8 heavy (non-hydrogen) atoms. The standard InChI is InChI=1S/C5H11N2O/c1-5(2,3)7(8)6-4/h4H2,1-3H3/q-1. The Balaban J connectivity index is 3.80. The Morgan fingerprint density at radius 3 is 1.88 bits per heavy atom. The first kappa shape index (κ1) is 7.43. The summed E-state index contributed by atoms with van der Waals surface area (Å²) < 4.78 is 0. The molecule has 0 aliphatic heterocycles. The van der Waals surface area contributed by atoms with Crippen molar-refractivity contribution >= 4 is 6.72 Å². The van der Waals surface area contributed by atoms with Gasteiger partial charge < -0.3 is 10.4 Å². The smallest absolute Gasteiger partial charge is 0.0373 e. The quantitative estimate of drug-likeness (QED) is 0.380. The number of nitrogens with zero attached hydrogens (tertiary/aromatic N) is 2. The van der Waals surface area contributed by atoms with E-state index in [1.165, 1.54) is 0 Å². The first-order chi connectivity index (χ1) is 3.48. The number of hydroxylamine groups is 1. The molecule has 0 atom stereocenters. The zero-order valence-electron chi connectivity index (χ0n) is 5.51. The lowest BCUT2D eigenvalue weighted by Gasteiger charge is -2.37. The van der Waals surface area contributed by atoms with Gasteiger partial charge in [0.15, 0.2) is 0 Å². The van der Waals surface area contributed by atoms with Crippen LogP contribution >= 0.6 is 0 Å². The van der Waals surface area contributed by atoms with E-state index in [1.807, 2.05) is 0 Å². The maximum Gasteiger partial charge on any atom is 0.0373 e. The van der Waals surface area contributed by atoms with Crippen LogP contribution in [0.25, 0.3) is 0 Å². The van der Waals surface area contributed by atoms with E-state index in [-0.39, 0.29) is 0 Å². The molecule has 0 aromatic heterocycles. The normalized spacial score (nSPS) is 11.0. The lowest BCUT2D eigenvalue weighted by Crippen LogP contribution is -2.31. The topological polar surface area (TPSA) is 38.7 Å². The second-order valence-corrected chi connectivity index (χ2v) is 2.59. The Morgan fingerprint density at radius 1 is 1.50 bits per heavy atom. The van der Waals surface area contributed by atoms with Crippen LogP contribution in [0.5, 0.6) is 0 Å². The van der Waals surface area contributed by atoms with Gasteiger partial charge in [0.05, 0.1) is 0 Å². The molecule has 3 heteroatoms. The van der Waals surface area contributed by atoms with Crippen LogP contribution < -0.4 is 0 Å². The second-order valence-electron chi connectivity index (χ2n) is 2.59. The third-order valence-electron chi connectivity index (χ3n) is 0.702. The van der Waals surface area contributed by atoms with Crippen LogP contribution in [-0.2, 0) is 0 Å².